The molecular formula is C15H22N2O. The molecule has 3 nitrogen and oxygen atoms in total. The van der Waals surface area contributed by atoms with Crippen molar-refractivity contribution < 1.29 is 5.11 Å². The lowest BCUT2D eigenvalue weighted by Gasteiger charge is -2.25. The Hall–Kier alpha value is -1.53. The van der Waals surface area contributed by atoms with Crippen LogP contribution < -0.4 is 5.32 Å². The maximum Gasteiger partial charge on any atom is 0.0994 e. The molecule has 0 unspecified atom stereocenters. The highest BCUT2D eigenvalue weighted by molar-refractivity contribution is 5.51. The summed E-state index contributed by atoms with van der Waals surface area (Å²) >= 11 is 0. The predicted molar refractivity (Wildman–Crippen MR) is 74.5 cm³/mol. The van der Waals surface area contributed by atoms with Crippen LogP contribution in [-0.4, -0.2) is 18.3 Å². The molecule has 0 saturated carbocycles. The molecule has 0 saturated heterocycles. The summed E-state index contributed by atoms with van der Waals surface area (Å²) < 4.78 is 0. The molecule has 3 heteroatoms. The van der Waals surface area contributed by atoms with Crippen LogP contribution >= 0.6 is 0 Å². The first-order chi connectivity index (χ1) is 8.48. The Morgan fingerprint density at radius 1 is 1.39 bits per heavy atom. The highest BCUT2D eigenvalue weighted by Crippen LogP contribution is 2.23. The van der Waals surface area contributed by atoms with E-state index in [1.165, 1.54) is 0 Å². The molecule has 2 N–H and O–H groups in total. The summed E-state index contributed by atoms with van der Waals surface area (Å²) in [5.74, 6) is 0. The second-order valence-electron chi connectivity index (χ2n) is 5.49. The van der Waals surface area contributed by atoms with Crippen LogP contribution in [0.25, 0.3) is 0 Å². The van der Waals surface area contributed by atoms with E-state index < -0.39 is 0 Å². The zero-order valence-electron chi connectivity index (χ0n) is 11.5. The first kappa shape index (κ1) is 14.5. The molecule has 1 aromatic rings. The average molecular weight is 246 g/mol. The number of rotatable bonds is 6. The minimum Gasteiger partial charge on any atom is -0.396 e. The van der Waals surface area contributed by atoms with Crippen LogP contribution in [0.1, 0.15) is 37.8 Å². The fraction of sp³-hybridized carbons (Fsp3) is 0.533. The van der Waals surface area contributed by atoms with Gasteiger partial charge in [0, 0.05) is 18.8 Å². The second-order valence-corrected chi connectivity index (χ2v) is 5.49. The van der Waals surface area contributed by atoms with Crippen molar-refractivity contribution >= 4 is 5.69 Å². The topological polar surface area (TPSA) is 56.0 Å². The van der Waals surface area contributed by atoms with Gasteiger partial charge in [0.25, 0.3) is 0 Å². The van der Waals surface area contributed by atoms with E-state index in [0.29, 0.717) is 0 Å². The van der Waals surface area contributed by atoms with Crippen molar-refractivity contribution in [1.29, 1.82) is 5.26 Å². The van der Waals surface area contributed by atoms with Gasteiger partial charge in [-0.05, 0) is 48.9 Å². The molecule has 1 rings (SSSR count). The summed E-state index contributed by atoms with van der Waals surface area (Å²) in [6.45, 7) is 7.43. The van der Waals surface area contributed by atoms with E-state index in [0.717, 1.165) is 36.2 Å². The van der Waals surface area contributed by atoms with E-state index in [1.54, 1.807) is 0 Å². The van der Waals surface area contributed by atoms with Crippen LogP contribution in [-0.2, 0) is 0 Å². The molecule has 18 heavy (non-hydrogen) atoms. The van der Waals surface area contributed by atoms with Crippen molar-refractivity contribution in [2.24, 2.45) is 5.41 Å². The maximum absolute atomic E-state index is 8.87. The summed E-state index contributed by atoms with van der Waals surface area (Å²) in [5.41, 5.74) is 2.92. The Kier molecular flexibility index (Phi) is 5.18. The first-order valence-electron chi connectivity index (χ1n) is 6.34. The lowest BCUT2D eigenvalue weighted by molar-refractivity contribution is 0.248. The molecule has 0 aromatic heterocycles. The molecule has 0 amide bonds. The number of hydrogen-bond acceptors (Lipinski definition) is 3. The van der Waals surface area contributed by atoms with Gasteiger partial charge in [0.15, 0.2) is 0 Å². The summed E-state index contributed by atoms with van der Waals surface area (Å²) in [6, 6.07) is 7.95. The molecule has 0 fully saturated rings. The van der Waals surface area contributed by atoms with Crippen LogP contribution in [0.2, 0.25) is 0 Å². The van der Waals surface area contributed by atoms with E-state index in [2.05, 4.69) is 25.2 Å². The normalized spacial score (nSPS) is 11.1. The molecule has 0 aliphatic heterocycles. The summed E-state index contributed by atoms with van der Waals surface area (Å²) in [7, 11) is 0. The van der Waals surface area contributed by atoms with Gasteiger partial charge in [-0.3, -0.25) is 0 Å². The lowest BCUT2D eigenvalue weighted by atomic mass is 9.88. The number of hydrogen-bond donors (Lipinski definition) is 2. The molecule has 98 valence electrons. The number of benzene rings is 1. The summed E-state index contributed by atoms with van der Waals surface area (Å²) in [6.07, 6.45) is 1.83. The quantitative estimate of drug-likeness (QED) is 0.811. The number of nitriles is 1. The van der Waals surface area contributed by atoms with E-state index >= 15 is 0 Å². The highest BCUT2D eigenvalue weighted by atomic mass is 16.2. The lowest BCUT2D eigenvalue weighted by Crippen LogP contribution is -2.23. The average Bonchev–Trinajstić information content (AvgIpc) is 2.34. The van der Waals surface area contributed by atoms with Gasteiger partial charge in [0.2, 0.25) is 0 Å². The van der Waals surface area contributed by atoms with Crippen molar-refractivity contribution in [3.63, 3.8) is 0 Å². The van der Waals surface area contributed by atoms with Crippen molar-refractivity contribution in [2.75, 3.05) is 18.5 Å². The second kappa shape index (κ2) is 6.42. The van der Waals surface area contributed by atoms with Gasteiger partial charge in [0.05, 0.1) is 11.6 Å². The molecular weight excluding hydrogens is 224 g/mol. The van der Waals surface area contributed by atoms with Gasteiger partial charge < -0.3 is 10.4 Å². The number of aliphatic hydroxyl groups is 1. The summed E-state index contributed by atoms with van der Waals surface area (Å²) in [4.78, 5) is 0. The molecule has 0 radical (unpaired) electrons. The van der Waals surface area contributed by atoms with Gasteiger partial charge in [-0.1, -0.05) is 13.8 Å². The third-order valence-electron chi connectivity index (χ3n) is 3.13. The Morgan fingerprint density at radius 2 is 2.11 bits per heavy atom. The zero-order chi connectivity index (χ0) is 13.6. The molecule has 0 aliphatic rings. The van der Waals surface area contributed by atoms with Gasteiger partial charge in [0.1, 0.15) is 0 Å². The molecule has 0 atom stereocenters. The molecule has 0 aliphatic carbocycles. The maximum atomic E-state index is 8.87. The minimum atomic E-state index is 0.157. The Labute approximate surface area is 109 Å². The molecule has 0 heterocycles. The van der Waals surface area contributed by atoms with Crippen LogP contribution in [0.5, 0.6) is 0 Å². The highest BCUT2D eigenvalue weighted by Gasteiger charge is 2.16. The van der Waals surface area contributed by atoms with Crippen LogP contribution in [0.15, 0.2) is 18.2 Å². The standard InChI is InChI=1S/C15H22N2O/c1-12-9-14(6-5-13(12)10-16)17-11-15(2,3)7-4-8-18/h5-6,9,17-18H,4,7-8,11H2,1-3H3. The number of nitrogens with one attached hydrogen (secondary N) is 1. The first-order valence-corrected chi connectivity index (χ1v) is 6.34. The SMILES string of the molecule is Cc1cc(NCC(C)(C)CCCO)ccc1C#N. The Bertz CT molecular complexity index is 433. The van der Waals surface area contributed by atoms with Crippen LogP contribution in [0.3, 0.4) is 0 Å². The number of aryl methyl sites for hydroxylation is 1. The summed E-state index contributed by atoms with van der Waals surface area (Å²) in [5, 5.41) is 21.1. The van der Waals surface area contributed by atoms with Crippen molar-refractivity contribution in [3.8, 4) is 6.07 Å². The predicted octanol–water partition coefficient (Wildman–Crippen LogP) is 3.08. The number of anilines is 1. The van der Waals surface area contributed by atoms with Crippen molar-refractivity contribution in [2.45, 2.75) is 33.6 Å². The third kappa shape index (κ3) is 4.38. The van der Waals surface area contributed by atoms with Gasteiger partial charge >= 0.3 is 0 Å². The van der Waals surface area contributed by atoms with E-state index in [4.69, 9.17) is 10.4 Å². The smallest absolute Gasteiger partial charge is 0.0994 e. The third-order valence-corrected chi connectivity index (χ3v) is 3.13. The van der Waals surface area contributed by atoms with E-state index in [1.807, 2.05) is 25.1 Å². The van der Waals surface area contributed by atoms with Crippen molar-refractivity contribution in [3.05, 3.63) is 29.3 Å². The minimum absolute atomic E-state index is 0.157. The fourth-order valence-electron chi connectivity index (χ4n) is 1.89. The number of nitrogens with zero attached hydrogens (tertiary/aromatic N) is 1. The van der Waals surface area contributed by atoms with Gasteiger partial charge in [-0.2, -0.15) is 5.26 Å². The Morgan fingerprint density at radius 3 is 2.67 bits per heavy atom. The van der Waals surface area contributed by atoms with E-state index in [9.17, 15) is 0 Å². The van der Waals surface area contributed by atoms with Crippen LogP contribution in [0, 0.1) is 23.7 Å². The van der Waals surface area contributed by atoms with E-state index in [-0.39, 0.29) is 12.0 Å². The fourth-order valence-corrected chi connectivity index (χ4v) is 1.89. The molecule has 1 aromatic carbocycles. The zero-order valence-corrected chi connectivity index (χ0v) is 11.5. The van der Waals surface area contributed by atoms with Gasteiger partial charge in [-0.15, -0.1) is 0 Å². The largest absolute Gasteiger partial charge is 0.396 e. The number of aliphatic hydroxyl groups excluding tert-OH is 1. The van der Waals surface area contributed by atoms with Crippen molar-refractivity contribution in [1.82, 2.24) is 0 Å². The molecule has 0 bridgehead atoms. The van der Waals surface area contributed by atoms with Gasteiger partial charge in [-0.25, -0.2) is 0 Å². The monoisotopic (exact) mass is 246 g/mol. The van der Waals surface area contributed by atoms with Crippen LogP contribution in [0.4, 0.5) is 5.69 Å². The molecule has 0 spiro atoms. The Balaban J connectivity index is 2.58.